The van der Waals surface area contributed by atoms with Gasteiger partial charge in [0.25, 0.3) is 5.91 Å². The zero-order valence-corrected chi connectivity index (χ0v) is 12.6. The highest BCUT2D eigenvalue weighted by molar-refractivity contribution is 5.86. The zero-order chi connectivity index (χ0) is 15.7. The third-order valence-electron chi connectivity index (χ3n) is 3.14. The molecule has 0 saturated carbocycles. The fourth-order valence-corrected chi connectivity index (χ4v) is 1.93. The SMILES string of the molecule is CCCCC[C@@H](N)[C@H](O)C(=O)N[C@@H](CC(C)C)C(=O)O. The Morgan fingerprint density at radius 2 is 1.85 bits per heavy atom. The van der Waals surface area contributed by atoms with Crippen molar-refractivity contribution in [1.82, 2.24) is 5.32 Å². The summed E-state index contributed by atoms with van der Waals surface area (Å²) in [7, 11) is 0. The second-order valence-electron chi connectivity index (χ2n) is 5.63. The van der Waals surface area contributed by atoms with Gasteiger partial charge in [-0.15, -0.1) is 0 Å². The maximum Gasteiger partial charge on any atom is 0.326 e. The van der Waals surface area contributed by atoms with E-state index >= 15 is 0 Å². The molecule has 118 valence electrons. The highest BCUT2D eigenvalue weighted by Crippen LogP contribution is 2.08. The molecule has 0 spiro atoms. The van der Waals surface area contributed by atoms with Gasteiger partial charge < -0.3 is 21.3 Å². The van der Waals surface area contributed by atoms with E-state index in [-0.39, 0.29) is 5.92 Å². The summed E-state index contributed by atoms with van der Waals surface area (Å²) < 4.78 is 0. The lowest BCUT2D eigenvalue weighted by Gasteiger charge is -2.22. The molecule has 6 nitrogen and oxygen atoms in total. The first-order valence-corrected chi connectivity index (χ1v) is 7.26. The standard InChI is InChI=1S/C14H28N2O4/c1-4-5-6-7-10(15)12(17)13(18)16-11(14(19)20)8-9(2)3/h9-12,17H,4-8,15H2,1-3H3,(H,16,18)(H,19,20)/t10-,11+,12+/m1/s1. The minimum atomic E-state index is -1.36. The summed E-state index contributed by atoms with van der Waals surface area (Å²) in [6, 6.07) is -1.64. The molecule has 0 fully saturated rings. The monoisotopic (exact) mass is 288 g/mol. The van der Waals surface area contributed by atoms with Gasteiger partial charge in [0.05, 0.1) is 0 Å². The average molecular weight is 288 g/mol. The molecular weight excluding hydrogens is 260 g/mol. The Balaban J connectivity index is 4.36. The van der Waals surface area contributed by atoms with Crippen molar-refractivity contribution >= 4 is 11.9 Å². The van der Waals surface area contributed by atoms with Crippen LogP contribution in [-0.2, 0) is 9.59 Å². The number of carboxylic acid groups (broad SMARTS) is 1. The van der Waals surface area contributed by atoms with Gasteiger partial charge in [-0.3, -0.25) is 4.79 Å². The molecular formula is C14H28N2O4. The number of amides is 1. The maximum atomic E-state index is 11.8. The first-order chi connectivity index (χ1) is 9.29. The predicted octanol–water partition coefficient (Wildman–Crippen LogP) is 0.870. The Hall–Kier alpha value is -1.14. The first-order valence-electron chi connectivity index (χ1n) is 7.26. The number of aliphatic hydroxyl groups is 1. The molecule has 0 bridgehead atoms. The van der Waals surface area contributed by atoms with Crippen molar-refractivity contribution in [3.05, 3.63) is 0 Å². The number of aliphatic hydroxyl groups excluding tert-OH is 1. The fraction of sp³-hybridized carbons (Fsp3) is 0.857. The number of nitrogens with two attached hydrogens (primary N) is 1. The number of aliphatic carboxylic acids is 1. The van der Waals surface area contributed by atoms with Gasteiger partial charge in [-0.25, -0.2) is 4.79 Å². The predicted molar refractivity (Wildman–Crippen MR) is 77.1 cm³/mol. The molecule has 0 aromatic carbocycles. The Morgan fingerprint density at radius 1 is 1.25 bits per heavy atom. The van der Waals surface area contributed by atoms with Gasteiger partial charge in [-0.05, 0) is 18.8 Å². The second kappa shape index (κ2) is 9.72. The smallest absolute Gasteiger partial charge is 0.326 e. The van der Waals surface area contributed by atoms with Crippen molar-refractivity contribution < 1.29 is 19.8 Å². The summed E-state index contributed by atoms with van der Waals surface area (Å²) in [5.41, 5.74) is 5.75. The van der Waals surface area contributed by atoms with E-state index in [9.17, 15) is 14.7 Å². The van der Waals surface area contributed by atoms with Gasteiger partial charge in [0.2, 0.25) is 0 Å². The molecule has 20 heavy (non-hydrogen) atoms. The lowest BCUT2D eigenvalue weighted by atomic mass is 10.0. The van der Waals surface area contributed by atoms with E-state index < -0.39 is 30.1 Å². The van der Waals surface area contributed by atoms with Crippen LogP contribution in [0.3, 0.4) is 0 Å². The van der Waals surface area contributed by atoms with Crippen LogP contribution < -0.4 is 11.1 Å². The van der Waals surface area contributed by atoms with E-state index in [4.69, 9.17) is 10.8 Å². The van der Waals surface area contributed by atoms with Crippen LogP contribution in [0.1, 0.15) is 52.9 Å². The zero-order valence-electron chi connectivity index (χ0n) is 12.6. The number of hydrogen-bond donors (Lipinski definition) is 4. The first kappa shape index (κ1) is 18.9. The second-order valence-corrected chi connectivity index (χ2v) is 5.63. The molecule has 0 aliphatic carbocycles. The van der Waals surface area contributed by atoms with E-state index in [1.54, 1.807) is 0 Å². The van der Waals surface area contributed by atoms with E-state index in [2.05, 4.69) is 12.2 Å². The Morgan fingerprint density at radius 3 is 2.30 bits per heavy atom. The van der Waals surface area contributed by atoms with E-state index in [1.165, 1.54) is 0 Å². The third kappa shape index (κ3) is 7.45. The molecule has 0 aromatic rings. The molecule has 0 heterocycles. The van der Waals surface area contributed by atoms with Crippen molar-refractivity contribution in [2.45, 2.75) is 71.1 Å². The van der Waals surface area contributed by atoms with Gasteiger partial charge in [-0.1, -0.05) is 40.0 Å². The minimum absolute atomic E-state index is 0.131. The van der Waals surface area contributed by atoms with Crippen LogP contribution in [0.5, 0.6) is 0 Å². The van der Waals surface area contributed by atoms with E-state index in [0.717, 1.165) is 19.3 Å². The normalized spacial score (nSPS) is 15.7. The summed E-state index contributed by atoms with van der Waals surface area (Å²) >= 11 is 0. The number of carbonyl (C=O) groups excluding carboxylic acids is 1. The van der Waals surface area contributed by atoms with Crippen LogP contribution in [0.25, 0.3) is 0 Å². The minimum Gasteiger partial charge on any atom is -0.480 e. The van der Waals surface area contributed by atoms with Crippen LogP contribution in [0.4, 0.5) is 0 Å². The van der Waals surface area contributed by atoms with Crippen LogP contribution in [0.15, 0.2) is 0 Å². The number of unbranched alkanes of at least 4 members (excludes halogenated alkanes) is 2. The summed E-state index contributed by atoms with van der Waals surface area (Å²) in [5.74, 6) is -1.67. The largest absolute Gasteiger partial charge is 0.480 e. The highest BCUT2D eigenvalue weighted by atomic mass is 16.4. The van der Waals surface area contributed by atoms with Crippen LogP contribution in [0, 0.1) is 5.92 Å². The summed E-state index contributed by atoms with van der Waals surface area (Å²) in [5, 5.41) is 21.2. The summed E-state index contributed by atoms with van der Waals surface area (Å²) in [6.07, 6.45) is 2.37. The van der Waals surface area contributed by atoms with Gasteiger partial charge in [0, 0.05) is 6.04 Å². The molecule has 6 heteroatoms. The maximum absolute atomic E-state index is 11.8. The lowest BCUT2D eigenvalue weighted by Crippen LogP contribution is -2.51. The fourth-order valence-electron chi connectivity index (χ4n) is 1.93. The van der Waals surface area contributed by atoms with E-state index in [0.29, 0.717) is 12.8 Å². The van der Waals surface area contributed by atoms with Gasteiger partial charge in [-0.2, -0.15) is 0 Å². The van der Waals surface area contributed by atoms with E-state index in [1.807, 2.05) is 13.8 Å². The Bertz CT molecular complexity index is 308. The van der Waals surface area contributed by atoms with Crippen LogP contribution in [-0.4, -0.2) is 40.3 Å². The summed E-state index contributed by atoms with van der Waals surface area (Å²) in [6.45, 7) is 5.79. The molecule has 0 aliphatic rings. The molecule has 5 N–H and O–H groups in total. The van der Waals surface area contributed by atoms with Crippen LogP contribution >= 0.6 is 0 Å². The van der Waals surface area contributed by atoms with Crippen molar-refractivity contribution in [3.63, 3.8) is 0 Å². The number of rotatable bonds is 10. The highest BCUT2D eigenvalue weighted by Gasteiger charge is 2.27. The molecule has 0 aromatic heterocycles. The molecule has 0 saturated heterocycles. The summed E-state index contributed by atoms with van der Waals surface area (Å²) in [4.78, 5) is 22.9. The number of hydrogen-bond acceptors (Lipinski definition) is 4. The molecule has 0 aliphatic heterocycles. The third-order valence-corrected chi connectivity index (χ3v) is 3.14. The number of nitrogens with one attached hydrogen (secondary N) is 1. The van der Waals surface area contributed by atoms with Crippen LogP contribution in [0.2, 0.25) is 0 Å². The topological polar surface area (TPSA) is 113 Å². The van der Waals surface area contributed by atoms with Gasteiger partial charge in [0.1, 0.15) is 12.1 Å². The molecule has 1 amide bonds. The molecule has 0 radical (unpaired) electrons. The average Bonchev–Trinajstić information content (AvgIpc) is 2.36. The molecule has 0 unspecified atom stereocenters. The van der Waals surface area contributed by atoms with Crippen molar-refractivity contribution in [2.24, 2.45) is 11.7 Å². The molecule has 0 rings (SSSR count). The number of carbonyl (C=O) groups is 2. The Labute approximate surface area is 120 Å². The quantitative estimate of drug-likeness (QED) is 0.446. The van der Waals surface area contributed by atoms with Gasteiger partial charge in [0.15, 0.2) is 0 Å². The Kier molecular flexibility index (Phi) is 9.16. The molecule has 3 atom stereocenters. The van der Waals surface area contributed by atoms with Crippen molar-refractivity contribution in [1.29, 1.82) is 0 Å². The van der Waals surface area contributed by atoms with Gasteiger partial charge >= 0.3 is 5.97 Å². The number of carboxylic acids is 1. The van der Waals surface area contributed by atoms with Crippen molar-refractivity contribution in [2.75, 3.05) is 0 Å². The van der Waals surface area contributed by atoms with Crippen molar-refractivity contribution in [3.8, 4) is 0 Å². The lowest BCUT2D eigenvalue weighted by molar-refractivity contribution is -0.144.